The van der Waals surface area contributed by atoms with Gasteiger partial charge in [-0.05, 0) is 105 Å². The molecular weight excluding hydrogens is 410 g/mol. The van der Waals surface area contributed by atoms with Gasteiger partial charge in [0.1, 0.15) is 0 Å². The lowest BCUT2D eigenvalue weighted by atomic mass is 9.68. The molecule has 0 aromatic heterocycles. The van der Waals surface area contributed by atoms with Crippen molar-refractivity contribution in [3.8, 4) is 0 Å². The van der Waals surface area contributed by atoms with Gasteiger partial charge in [0.05, 0.1) is 0 Å². The molecule has 0 aliphatic heterocycles. The molecule has 0 N–H and O–H groups in total. The summed E-state index contributed by atoms with van der Waals surface area (Å²) in [5.74, 6) is 4.34. The van der Waals surface area contributed by atoms with Crippen molar-refractivity contribution in [1.82, 2.24) is 0 Å². The molecule has 3 saturated carbocycles. The summed E-state index contributed by atoms with van der Waals surface area (Å²) < 4.78 is 28.4. The van der Waals surface area contributed by atoms with E-state index in [2.05, 4.69) is 6.92 Å². The maximum absolute atomic E-state index is 14.4. The van der Waals surface area contributed by atoms with E-state index < -0.39 is 11.6 Å². The highest BCUT2D eigenvalue weighted by Crippen LogP contribution is 2.44. The van der Waals surface area contributed by atoms with Crippen molar-refractivity contribution >= 4 is 0 Å². The molecule has 0 spiro atoms. The number of rotatable bonds is 7. The van der Waals surface area contributed by atoms with E-state index in [-0.39, 0.29) is 0 Å². The Hall–Kier alpha value is -0.920. The van der Waals surface area contributed by atoms with Gasteiger partial charge in [-0.15, -0.1) is 0 Å². The number of halogens is 2. The van der Waals surface area contributed by atoms with E-state index in [0.717, 1.165) is 41.6 Å². The smallest absolute Gasteiger partial charge is 0.162 e. The first kappa shape index (κ1) is 25.2. The summed E-state index contributed by atoms with van der Waals surface area (Å²) in [7, 11) is 0. The van der Waals surface area contributed by atoms with Gasteiger partial charge in [-0.2, -0.15) is 0 Å². The van der Waals surface area contributed by atoms with Gasteiger partial charge >= 0.3 is 0 Å². The molecule has 4 rings (SSSR count). The molecule has 3 fully saturated rings. The highest BCUT2D eigenvalue weighted by molar-refractivity contribution is 5.33. The number of benzene rings is 1. The van der Waals surface area contributed by atoms with E-state index in [1.165, 1.54) is 89.9 Å². The van der Waals surface area contributed by atoms with Crippen molar-refractivity contribution in [1.29, 1.82) is 0 Å². The second-order valence-corrected chi connectivity index (χ2v) is 12.4. The second kappa shape index (κ2) is 11.7. The molecule has 0 radical (unpaired) electrons. The van der Waals surface area contributed by atoms with Crippen LogP contribution in [0.5, 0.6) is 0 Å². The molecule has 0 saturated heterocycles. The Morgan fingerprint density at radius 1 is 0.606 bits per heavy atom. The van der Waals surface area contributed by atoms with E-state index in [0.29, 0.717) is 23.5 Å². The topological polar surface area (TPSA) is 0 Å². The molecule has 0 nitrogen and oxygen atoms in total. The first-order chi connectivity index (χ1) is 15.9. The second-order valence-electron chi connectivity index (χ2n) is 12.4. The van der Waals surface area contributed by atoms with Crippen molar-refractivity contribution in [3.05, 3.63) is 34.4 Å². The minimum atomic E-state index is -0.650. The Morgan fingerprint density at radius 3 is 1.58 bits per heavy atom. The maximum Gasteiger partial charge on any atom is 0.162 e. The summed E-state index contributed by atoms with van der Waals surface area (Å²) in [6.45, 7) is 6.01. The van der Waals surface area contributed by atoms with Crippen LogP contribution in [0.2, 0.25) is 0 Å². The van der Waals surface area contributed by atoms with Crippen LogP contribution in [0.4, 0.5) is 8.78 Å². The molecule has 1 aromatic carbocycles. The van der Waals surface area contributed by atoms with Crippen LogP contribution in [-0.2, 0) is 6.42 Å². The summed E-state index contributed by atoms with van der Waals surface area (Å²) in [6.07, 6.45) is 21.8. The van der Waals surface area contributed by atoms with Crippen LogP contribution in [0.25, 0.3) is 0 Å². The van der Waals surface area contributed by atoms with E-state index in [9.17, 15) is 8.78 Å². The number of aryl methyl sites for hydroxylation is 2. The molecule has 0 amide bonds. The van der Waals surface area contributed by atoms with Gasteiger partial charge in [0.2, 0.25) is 0 Å². The number of hydrogen-bond donors (Lipinski definition) is 0. The first-order valence-electron chi connectivity index (χ1n) is 14.3. The lowest BCUT2D eigenvalue weighted by Crippen LogP contribution is -2.26. The molecule has 0 unspecified atom stereocenters. The monoisotopic (exact) mass is 458 g/mol. The van der Waals surface area contributed by atoms with Gasteiger partial charge in [0, 0.05) is 0 Å². The molecule has 2 heteroatoms. The van der Waals surface area contributed by atoms with Crippen molar-refractivity contribution in [2.75, 3.05) is 0 Å². The highest BCUT2D eigenvalue weighted by Gasteiger charge is 2.31. The molecule has 3 aliphatic carbocycles. The van der Waals surface area contributed by atoms with Crippen LogP contribution in [0.1, 0.15) is 120 Å². The van der Waals surface area contributed by atoms with Gasteiger partial charge in [0.25, 0.3) is 0 Å². The molecule has 3 aliphatic rings. The first-order valence-corrected chi connectivity index (χ1v) is 14.3. The Morgan fingerprint density at radius 2 is 1.06 bits per heavy atom. The standard InChI is InChI=1S/C31H48F2/c1-21-4-6-24(7-5-21)8-9-25-10-15-27(16-11-25)28-17-12-26(13-18-28)14-19-29-22(2)20-23(3)30(32)31(29)33/h20-21,24-28H,4-19H2,1-3H3. The Balaban J connectivity index is 1.14. The molecule has 1 aromatic rings. The normalized spacial score (nSPS) is 33.2. The molecule has 0 heterocycles. The number of hydrogen-bond acceptors (Lipinski definition) is 0. The summed E-state index contributed by atoms with van der Waals surface area (Å²) >= 11 is 0. The molecular formula is C31H48F2. The van der Waals surface area contributed by atoms with Crippen molar-refractivity contribution in [2.24, 2.45) is 35.5 Å². The van der Waals surface area contributed by atoms with Crippen molar-refractivity contribution < 1.29 is 8.78 Å². The summed E-state index contributed by atoms with van der Waals surface area (Å²) in [5.41, 5.74) is 1.95. The third-order valence-corrected chi connectivity index (χ3v) is 10.1. The maximum atomic E-state index is 14.4. The SMILES string of the molecule is Cc1cc(C)c(CCC2CCC(C3CCC(CCC4CCC(C)CC4)CC3)CC2)c(F)c1F. The van der Waals surface area contributed by atoms with Crippen LogP contribution in [0, 0.1) is 61.0 Å². The summed E-state index contributed by atoms with van der Waals surface area (Å²) in [6, 6.07) is 1.80. The largest absolute Gasteiger partial charge is 0.203 e. The minimum absolute atomic E-state index is 0.424. The van der Waals surface area contributed by atoms with E-state index in [1.54, 1.807) is 13.0 Å². The zero-order valence-electron chi connectivity index (χ0n) is 21.6. The fourth-order valence-corrected chi connectivity index (χ4v) is 7.60. The van der Waals surface area contributed by atoms with E-state index >= 15 is 0 Å². The average molecular weight is 459 g/mol. The van der Waals surface area contributed by atoms with Gasteiger partial charge in [-0.3, -0.25) is 0 Å². The van der Waals surface area contributed by atoms with Crippen LogP contribution < -0.4 is 0 Å². The van der Waals surface area contributed by atoms with Crippen LogP contribution in [0.3, 0.4) is 0 Å². The minimum Gasteiger partial charge on any atom is -0.203 e. The quantitative estimate of drug-likeness (QED) is 0.381. The fraction of sp³-hybridized carbons (Fsp3) is 0.806. The van der Waals surface area contributed by atoms with Crippen molar-refractivity contribution in [2.45, 2.75) is 124 Å². The molecule has 186 valence electrons. The van der Waals surface area contributed by atoms with Gasteiger partial charge in [-0.25, -0.2) is 8.78 Å². The summed E-state index contributed by atoms with van der Waals surface area (Å²) in [5, 5.41) is 0. The highest BCUT2D eigenvalue weighted by atomic mass is 19.2. The Bertz CT molecular complexity index is 745. The lowest BCUT2D eigenvalue weighted by molar-refractivity contribution is 0.137. The van der Waals surface area contributed by atoms with E-state index in [1.807, 2.05) is 6.92 Å². The zero-order chi connectivity index (χ0) is 23.4. The third kappa shape index (κ3) is 6.61. The molecule has 0 bridgehead atoms. The predicted molar refractivity (Wildman–Crippen MR) is 135 cm³/mol. The van der Waals surface area contributed by atoms with Gasteiger partial charge in [0.15, 0.2) is 11.6 Å². The Labute approximate surface area is 202 Å². The van der Waals surface area contributed by atoms with Gasteiger partial charge in [-0.1, -0.05) is 77.2 Å². The molecule has 0 atom stereocenters. The van der Waals surface area contributed by atoms with Crippen molar-refractivity contribution in [3.63, 3.8) is 0 Å². The summed E-state index contributed by atoms with van der Waals surface area (Å²) in [4.78, 5) is 0. The predicted octanol–water partition coefficient (Wildman–Crippen LogP) is 9.73. The van der Waals surface area contributed by atoms with Crippen LogP contribution >= 0.6 is 0 Å². The zero-order valence-corrected chi connectivity index (χ0v) is 21.6. The van der Waals surface area contributed by atoms with Crippen LogP contribution in [0.15, 0.2) is 6.07 Å². The molecule has 33 heavy (non-hydrogen) atoms. The Kier molecular flexibility index (Phi) is 8.91. The van der Waals surface area contributed by atoms with E-state index in [4.69, 9.17) is 0 Å². The average Bonchev–Trinajstić information content (AvgIpc) is 2.83. The fourth-order valence-electron chi connectivity index (χ4n) is 7.60. The third-order valence-electron chi connectivity index (χ3n) is 10.1. The van der Waals surface area contributed by atoms with Gasteiger partial charge < -0.3 is 0 Å². The van der Waals surface area contributed by atoms with Crippen LogP contribution in [-0.4, -0.2) is 0 Å². The lowest BCUT2D eigenvalue weighted by Gasteiger charge is -2.38.